The zero-order valence-electron chi connectivity index (χ0n) is 10.5. The SMILES string of the molecule is CCOC(=O)C=Cc1ccc2nc(C)ccc2c1. The quantitative estimate of drug-likeness (QED) is 0.612. The maximum absolute atomic E-state index is 11.2. The first-order valence-corrected chi connectivity index (χ1v) is 5.91. The van der Waals surface area contributed by atoms with Crippen LogP contribution in [0.3, 0.4) is 0 Å². The van der Waals surface area contributed by atoms with Gasteiger partial charge in [-0.05, 0) is 43.7 Å². The molecule has 0 radical (unpaired) electrons. The highest BCUT2D eigenvalue weighted by Crippen LogP contribution is 2.15. The normalized spacial score (nSPS) is 11.0. The fraction of sp³-hybridized carbons (Fsp3) is 0.200. The standard InChI is InChI=1S/C15H15NO2/c1-3-18-15(17)9-6-12-5-8-14-13(10-12)7-4-11(2)16-14/h4-10H,3H2,1-2H3. The topological polar surface area (TPSA) is 39.2 Å². The van der Waals surface area contributed by atoms with Crippen LogP contribution in [0, 0.1) is 6.92 Å². The molecular weight excluding hydrogens is 226 g/mol. The number of rotatable bonds is 3. The first-order chi connectivity index (χ1) is 8.69. The van der Waals surface area contributed by atoms with Crippen LogP contribution in [-0.2, 0) is 9.53 Å². The van der Waals surface area contributed by atoms with E-state index < -0.39 is 0 Å². The Kier molecular flexibility index (Phi) is 3.72. The van der Waals surface area contributed by atoms with E-state index in [0.717, 1.165) is 22.2 Å². The van der Waals surface area contributed by atoms with Gasteiger partial charge in [-0.3, -0.25) is 4.98 Å². The van der Waals surface area contributed by atoms with E-state index in [-0.39, 0.29) is 5.97 Å². The molecule has 0 amide bonds. The lowest BCUT2D eigenvalue weighted by molar-refractivity contribution is -0.137. The third-order valence-electron chi connectivity index (χ3n) is 2.55. The van der Waals surface area contributed by atoms with Gasteiger partial charge < -0.3 is 4.74 Å². The molecule has 0 spiro atoms. The van der Waals surface area contributed by atoms with E-state index in [2.05, 4.69) is 4.98 Å². The van der Waals surface area contributed by atoms with E-state index >= 15 is 0 Å². The van der Waals surface area contributed by atoms with E-state index in [1.807, 2.05) is 37.3 Å². The molecule has 1 aromatic carbocycles. The van der Waals surface area contributed by atoms with Gasteiger partial charge in [0.1, 0.15) is 0 Å². The lowest BCUT2D eigenvalue weighted by atomic mass is 10.1. The largest absolute Gasteiger partial charge is 0.463 e. The van der Waals surface area contributed by atoms with Crippen molar-refractivity contribution in [1.82, 2.24) is 4.98 Å². The van der Waals surface area contributed by atoms with Crippen molar-refractivity contribution in [2.45, 2.75) is 13.8 Å². The summed E-state index contributed by atoms with van der Waals surface area (Å²) in [6.45, 7) is 4.15. The molecule has 18 heavy (non-hydrogen) atoms. The van der Waals surface area contributed by atoms with Crippen molar-refractivity contribution in [2.75, 3.05) is 6.61 Å². The third kappa shape index (κ3) is 2.94. The second-order valence-electron chi connectivity index (χ2n) is 3.99. The molecule has 0 aliphatic rings. The van der Waals surface area contributed by atoms with Gasteiger partial charge in [0, 0.05) is 17.2 Å². The summed E-state index contributed by atoms with van der Waals surface area (Å²) in [6, 6.07) is 9.88. The molecule has 3 heteroatoms. The van der Waals surface area contributed by atoms with Gasteiger partial charge in [-0.2, -0.15) is 0 Å². The average Bonchev–Trinajstić information content (AvgIpc) is 2.36. The van der Waals surface area contributed by atoms with Crippen molar-refractivity contribution in [1.29, 1.82) is 0 Å². The maximum atomic E-state index is 11.2. The summed E-state index contributed by atoms with van der Waals surface area (Å²) < 4.78 is 4.83. The van der Waals surface area contributed by atoms with Crippen molar-refractivity contribution in [3.05, 3.63) is 47.7 Å². The van der Waals surface area contributed by atoms with E-state index in [0.29, 0.717) is 6.61 Å². The minimum atomic E-state index is -0.320. The van der Waals surface area contributed by atoms with Crippen LogP contribution in [-0.4, -0.2) is 17.6 Å². The van der Waals surface area contributed by atoms with Crippen molar-refractivity contribution in [3.8, 4) is 0 Å². The molecule has 2 aromatic rings. The third-order valence-corrected chi connectivity index (χ3v) is 2.55. The van der Waals surface area contributed by atoms with Crippen LogP contribution in [0.4, 0.5) is 0 Å². The van der Waals surface area contributed by atoms with Crippen LogP contribution >= 0.6 is 0 Å². The van der Waals surface area contributed by atoms with Crippen LogP contribution in [0.15, 0.2) is 36.4 Å². The van der Waals surface area contributed by atoms with Crippen LogP contribution in [0.1, 0.15) is 18.2 Å². The van der Waals surface area contributed by atoms with Crippen molar-refractivity contribution >= 4 is 22.9 Å². The van der Waals surface area contributed by atoms with Gasteiger partial charge in [0.15, 0.2) is 0 Å². The number of benzene rings is 1. The first-order valence-electron chi connectivity index (χ1n) is 5.91. The highest BCUT2D eigenvalue weighted by molar-refractivity contribution is 5.88. The molecule has 3 nitrogen and oxygen atoms in total. The Labute approximate surface area is 106 Å². The van der Waals surface area contributed by atoms with Gasteiger partial charge in [0.25, 0.3) is 0 Å². The number of nitrogens with zero attached hydrogens (tertiary/aromatic N) is 1. The Morgan fingerprint density at radius 2 is 2.17 bits per heavy atom. The van der Waals surface area contributed by atoms with Crippen molar-refractivity contribution < 1.29 is 9.53 Å². The molecule has 0 fully saturated rings. The highest BCUT2D eigenvalue weighted by Gasteiger charge is 1.97. The molecule has 0 unspecified atom stereocenters. The number of esters is 1. The minimum absolute atomic E-state index is 0.320. The molecule has 0 aliphatic heterocycles. The van der Waals surface area contributed by atoms with Crippen LogP contribution in [0.25, 0.3) is 17.0 Å². The minimum Gasteiger partial charge on any atom is -0.463 e. The summed E-state index contributed by atoms with van der Waals surface area (Å²) in [5.74, 6) is -0.320. The van der Waals surface area contributed by atoms with E-state index in [1.54, 1.807) is 13.0 Å². The van der Waals surface area contributed by atoms with Crippen LogP contribution in [0.2, 0.25) is 0 Å². The number of fused-ring (bicyclic) bond motifs is 1. The lowest BCUT2D eigenvalue weighted by Crippen LogP contribution is -1.98. The molecule has 0 saturated carbocycles. The fourth-order valence-electron chi connectivity index (χ4n) is 1.70. The number of aromatic nitrogens is 1. The monoisotopic (exact) mass is 241 g/mol. The Morgan fingerprint density at radius 3 is 2.94 bits per heavy atom. The van der Waals surface area contributed by atoms with E-state index in [1.165, 1.54) is 6.08 Å². The number of ether oxygens (including phenoxy) is 1. The molecule has 0 atom stereocenters. The van der Waals surface area contributed by atoms with Crippen molar-refractivity contribution in [3.63, 3.8) is 0 Å². The van der Waals surface area contributed by atoms with Gasteiger partial charge in [-0.1, -0.05) is 12.1 Å². The number of carbonyl (C=O) groups is 1. The van der Waals surface area contributed by atoms with Gasteiger partial charge in [0.05, 0.1) is 12.1 Å². The number of pyridine rings is 1. The predicted molar refractivity (Wildman–Crippen MR) is 72.1 cm³/mol. The second kappa shape index (κ2) is 5.45. The molecule has 1 aromatic heterocycles. The highest BCUT2D eigenvalue weighted by atomic mass is 16.5. The van der Waals surface area contributed by atoms with Gasteiger partial charge >= 0.3 is 5.97 Å². The van der Waals surface area contributed by atoms with E-state index in [9.17, 15) is 4.79 Å². The zero-order chi connectivity index (χ0) is 13.0. The zero-order valence-corrected chi connectivity index (χ0v) is 10.5. The van der Waals surface area contributed by atoms with Crippen LogP contribution < -0.4 is 0 Å². The summed E-state index contributed by atoms with van der Waals surface area (Å²) in [4.78, 5) is 15.6. The van der Waals surface area contributed by atoms with Gasteiger partial charge in [-0.25, -0.2) is 4.79 Å². The number of carbonyl (C=O) groups excluding carboxylic acids is 1. The average molecular weight is 241 g/mol. The lowest BCUT2D eigenvalue weighted by Gasteiger charge is -2.00. The molecule has 0 bridgehead atoms. The first kappa shape index (κ1) is 12.3. The Morgan fingerprint density at radius 1 is 1.33 bits per heavy atom. The summed E-state index contributed by atoms with van der Waals surface area (Å²) in [6.07, 6.45) is 3.18. The Hall–Kier alpha value is -2.16. The summed E-state index contributed by atoms with van der Waals surface area (Å²) in [7, 11) is 0. The predicted octanol–water partition coefficient (Wildman–Crippen LogP) is 3.12. The molecule has 1 heterocycles. The fourth-order valence-corrected chi connectivity index (χ4v) is 1.70. The van der Waals surface area contributed by atoms with E-state index in [4.69, 9.17) is 4.74 Å². The maximum Gasteiger partial charge on any atom is 0.330 e. The van der Waals surface area contributed by atoms with Crippen molar-refractivity contribution in [2.24, 2.45) is 0 Å². The smallest absolute Gasteiger partial charge is 0.330 e. The summed E-state index contributed by atoms with van der Waals surface area (Å²) >= 11 is 0. The molecule has 0 N–H and O–H groups in total. The molecule has 2 rings (SSSR count). The summed E-state index contributed by atoms with van der Waals surface area (Å²) in [5.41, 5.74) is 2.92. The molecule has 92 valence electrons. The van der Waals surface area contributed by atoms with Crippen LogP contribution in [0.5, 0.6) is 0 Å². The second-order valence-corrected chi connectivity index (χ2v) is 3.99. The number of hydrogen-bond donors (Lipinski definition) is 0. The molecule has 0 saturated heterocycles. The van der Waals surface area contributed by atoms with Gasteiger partial charge in [-0.15, -0.1) is 0 Å². The Balaban J connectivity index is 2.25. The molecule has 0 aliphatic carbocycles. The number of aryl methyl sites for hydroxylation is 1. The molecular formula is C15H15NO2. The van der Waals surface area contributed by atoms with Gasteiger partial charge in [0.2, 0.25) is 0 Å². The number of hydrogen-bond acceptors (Lipinski definition) is 3. The Bertz CT molecular complexity index is 602. The summed E-state index contributed by atoms with van der Waals surface area (Å²) in [5, 5.41) is 1.06.